The number of halogens is 1. The minimum absolute atomic E-state index is 0.178. The van der Waals surface area contributed by atoms with Gasteiger partial charge in [-0.05, 0) is 36.8 Å². The van der Waals surface area contributed by atoms with E-state index in [2.05, 4.69) is 26.0 Å². The fourth-order valence-electron chi connectivity index (χ4n) is 2.54. The van der Waals surface area contributed by atoms with E-state index in [1.165, 1.54) is 17.7 Å². The summed E-state index contributed by atoms with van der Waals surface area (Å²) in [7, 11) is -3.57. The van der Waals surface area contributed by atoms with E-state index in [1.54, 1.807) is 12.1 Å². The standard InChI is InChI=1S/C18H19ClN4O2S/c1-13-3-2-4-14(11-13)12-18-21-17(22-23-18)9-10-20-26(24,25)16-7-5-15(19)6-8-16/h2-8,11,20H,9-10,12H2,1H3,(H,21,22,23). The molecule has 0 saturated carbocycles. The molecular weight excluding hydrogens is 372 g/mol. The number of hydrogen-bond acceptors (Lipinski definition) is 4. The van der Waals surface area contributed by atoms with E-state index in [9.17, 15) is 8.42 Å². The van der Waals surface area contributed by atoms with Crippen LogP contribution in [0.1, 0.15) is 22.8 Å². The maximum absolute atomic E-state index is 12.2. The Morgan fingerprint density at radius 3 is 2.65 bits per heavy atom. The summed E-state index contributed by atoms with van der Waals surface area (Å²) in [4.78, 5) is 4.60. The summed E-state index contributed by atoms with van der Waals surface area (Å²) in [6, 6.07) is 14.2. The lowest BCUT2D eigenvalue weighted by molar-refractivity contribution is 0.581. The van der Waals surface area contributed by atoms with Crippen molar-refractivity contribution in [3.05, 3.63) is 76.3 Å². The van der Waals surface area contributed by atoms with Crippen molar-refractivity contribution in [1.82, 2.24) is 19.9 Å². The zero-order chi connectivity index (χ0) is 18.6. The number of sulfonamides is 1. The summed E-state index contributed by atoms with van der Waals surface area (Å²) < 4.78 is 27.0. The fourth-order valence-corrected chi connectivity index (χ4v) is 3.69. The van der Waals surface area contributed by atoms with Crippen LogP contribution < -0.4 is 4.72 Å². The minimum atomic E-state index is -3.57. The second-order valence-corrected chi connectivity index (χ2v) is 8.17. The average molecular weight is 391 g/mol. The van der Waals surface area contributed by atoms with Gasteiger partial charge in [0.25, 0.3) is 0 Å². The zero-order valence-electron chi connectivity index (χ0n) is 14.2. The summed E-state index contributed by atoms with van der Waals surface area (Å²) in [5.74, 6) is 1.33. The molecule has 26 heavy (non-hydrogen) atoms. The molecule has 6 nitrogen and oxygen atoms in total. The van der Waals surface area contributed by atoms with Crippen LogP contribution >= 0.6 is 11.6 Å². The molecule has 0 aliphatic carbocycles. The summed E-state index contributed by atoms with van der Waals surface area (Å²) in [5, 5.41) is 7.55. The molecule has 0 unspecified atom stereocenters. The quantitative estimate of drug-likeness (QED) is 0.649. The van der Waals surface area contributed by atoms with Crippen LogP contribution in [0.4, 0.5) is 0 Å². The molecule has 8 heteroatoms. The lowest BCUT2D eigenvalue weighted by atomic mass is 10.1. The Balaban J connectivity index is 1.55. The molecule has 136 valence electrons. The van der Waals surface area contributed by atoms with Crippen LogP contribution in [0.2, 0.25) is 5.02 Å². The zero-order valence-corrected chi connectivity index (χ0v) is 15.8. The molecule has 2 aromatic carbocycles. The van der Waals surface area contributed by atoms with Crippen LogP contribution in [0.3, 0.4) is 0 Å². The summed E-state index contributed by atoms with van der Waals surface area (Å²) in [6.07, 6.45) is 1.06. The fraction of sp³-hybridized carbons (Fsp3) is 0.222. The van der Waals surface area contributed by atoms with Gasteiger partial charge < -0.3 is 0 Å². The van der Waals surface area contributed by atoms with Gasteiger partial charge in [-0.1, -0.05) is 41.4 Å². The number of H-pyrrole nitrogens is 1. The van der Waals surface area contributed by atoms with Crippen molar-refractivity contribution in [3.63, 3.8) is 0 Å². The number of rotatable bonds is 7. The van der Waals surface area contributed by atoms with Gasteiger partial charge in [-0.2, -0.15) is 5.10 Å². The molecule has 1 aromatic heterocycles. The molecule has 0 fully saturated rings. The van der Waals surface area contributed by atoms with Crippen molar-refractivity contribution in [3.8, 4) is 0 Å². The van der Waals surface area contributed by atoms with Crippen LogP contribution in [0, 0.1) is 6.92 Å². The van der Waals surface area contributed by atoms with Gasteiger partial charge in [-0.15, -0.1) is 0 Å². The van der Waals surface area contributed by atoms with Gasteiger partial charge >= 0.3 is 0 Å². The third kappa shape index (κ3) is 4.91. The van der Waals surface area contributed by atoms with Gasteiger partial charge in [0.05, 0.1) is 4.90 Å². The number of benzene rings is 2. The number of aromatic amines is 1. The van der Waals surface area contributed by atoms with Crippen molar-refractivity contribution < 1.29 is 8.42 Å². The number of nitrogens with one attached hydrogen (secondary N) is 2. The first-order chi connectivity index (χ1) is 12.4. The highest BCUT2D eigenvalue weighted by Gasteiger charge is 2.13. The van der Waals surface area contributed by atoms with Crippen molar-refractivity contribution >= 4 is 21.6 Å². The topological polar surface area (TPSA) is 87.7 Å². The van der Waals surface area contributed by atoms with Crippen molar-refractivity contribution in [2.75, 3.05) is 6.54 Å². The Labute approximate surface area is 157 Å². The normalized spacial score (nSPS) is 11.6. The van der Waals surface area contributed by atoms with Crippen LogP contribution in [-0.2, 0) is 22.9 Å². The van der Waals surface area contributed by atoms with Crippen molar-refractivity contribution in [2.45, 2.75) is 24.7 Å². The van der Waals surface area contributed by atoms with Crippen LogP contribution in [-0.4, -0.2) is 30.1 Å². The maximum Gasteiger partial charge on any atom is 0.240 e. The number of hydrogen-bond donors (Lipinski definition) is 2. The molecule has 0 amide bonds. The molecule has 0 aliphatic heterocycles. The molecule has 0 radical (unpaired) electrons. The lowest BCUT2D eigenvalue weighted by Crippen LogP contribution is -2.26. The first-order valence-electron chi connectivity index (χ1n) is 8.13. The first kappa shape index (κ1) is 18.6. The summed E-state index contributed by atoms with van der Waals surface area (Å²) in [5.41, 5.74) is 2.34. The predicted octanol–water partition coefficient (Wildman–Crippen LogP) is 2.88. The minimum Gasteiger partial charge on any atom is -0.263 e. The molecule has 2 N–H and O–H groups in total. The van der Waals surface area contributed by atoms with E-state index in [4.69, 9.17) is 11.6 Å². The Bertz CT molecular complexity index is 984. The summed E-state index contributed by atoms with van der Waals surface area (Å²) in [6.45, 7) is 2.26. The largest absolute Gasteiger partial charge is 0.263 e. The van der Waals surface area contributed by atoms with E-state index in [0.29, 0.717) is 23.7 Å². The van der Waals surface area contributed by atoms with Crippen molar-refractivity contribution in [1.29, 1.82) is 0 Å². The molecule has 3 aromatic rings. The third-order valence-electron chi connectivity index (χ3n) is 3.80. The van der Waals surface area contributed by atoms with Gasteiger partial charge in [-0.25, -0.2) is 18.1 Å². The first-order valence-corrected chi connectivity index (χ1v) is 9.99. The molecular formula is C18H19ClN4O2S. The van der Waals surface area contributed by atoms with Crippen LogP contribution in [0.25, 0.3) is 0 Å². The Morgan fingerprint density at radius 1 is 1.15 bits per heavy atom. The number of nitrogens with zero attached hydrogens (tertiary/aromatic N) is 2. The Kier molecular flexibility index (Phi) is 5.70. The van der Waals surface area contributed by atoms with Crippen LogP contribution in [0.15, 0.2) is 53.4 Å². The second kappa shape index (κ2) is 7.99. The molecule has 0 aliphatic rings. The summed E-state index contributed by atoms with van der Waals surface area (Å²) >= 11 is 5.78. The van der Waals surface area contributed by atoms with E-state index in [0.717, 1.165) is 11.4 Å². The average Bonchev–Trinajstić information content (AvgIpc) is 3.02. The van der Waals surface area contributed by atoms with E-state index in [1.807, 2.05) is 25.1 Å². The van der Waals surface area contributed by atoms with Crippen LogP contribution in [0.5, 0.6) is 0 Å². The van der Waals surface area contributed by atoms with Gasteiger partial charge in [0, 0.05) is 24.4 Å². The molecule has 1 heterocycles. The van der Waals surface area contributed by atoms with Gasteiger partial charge in [0.1, 0.15) is 5.82 Å². The van der Waals surface area contributed by atoms with Gasteiger partial charge in [-0.3, -0.25) is 5.10 Å². The highest BCUT2D eigenvalue weighted by Crippen LogP contribution is 2.14. The SMILES string of the molecule is Cc1cccc(Cc2nc(CCNS(=O)(=O)c3ccc(Cl)cc3)n[nH]2)c1. The highest BCUT2D eigenvalue weighted by atomic mass is 35.5. The number of aromatic nitrogens is 3. The lowest BCUT2D eigenvalue weighted by Gasteiger charge is -2.05. The van der Waals surface area contributed by atoms with Gasteiger partial charge in [0.2, 0.25) is 10.0 Å². The highest BCUT2D eigenvalue weighted by molar-refractivity contribution is 7.89. The molecule has 0 bridgehead atoms. The predicted molar refractivity (Wildman–Crippen MR) is 101 cm³/mol. The monoisotopic (exact) mass is 390 g/mol. The van der Waals surface area contributed by atoms with Gasteiger partial charge in [0.15, 0.2) is 5.82 Å². The maximum atomic E-state index is 12.2. The van der Waals surface area contributed by atoms with Crippen molar-refractivity contribution in [2.24, 2.45) is 0 Å². The number of aryl methyl sites for hydroxylation is 1. The smallest absolute Gasteiger partial charge is 0.240 e. The Hall–Kier alpha value is -2.22. The van der Waals surface area contributed by atoms with E-state index in [-0.39, 0.29) is 11.4 Å². The van der Waals surface area contributed by atoms with E-state index >= 15 is 0 Å². The molecule has 0 saturated heterocycles. The molecule has 0 spiro atoms. The third-order valence-corrected chi connectivity index (χ3v) is 5.53. The molecule has 3 rings (SSSR count). The Morgan fingerprint density at radius 2 is 1.92 bits per heavy atom. The molecule has 0 atom stereocenters. The second-order valence-electron chi connectivity index (χ2n) is 5.97. The van der Waals surface area contributed by atoms with E-state index < -0.39 is 10.0 Å².